The molecule has 7 heteroatoms. The Morgan fingerprint density at radius 3 is 2.14 bits per heavy atom. The summed E-state index contributed by atoms with van der Waals surface area (Å²) < 4.78 is 36.8. The Hall–Kier alpha value is -1.27. The highest BCUT2D eigenvalue weighted by Gasteiger charge is 2.32. The lowest BCUT2D eigenvalue weighted by atomic mass is 10.1. The molecule has 1 amide bonds. The van der Waals surface area contributed by atoms with Gasteiger partial charge < -0.3 is 4.90 Å². The van der Waals surface area contributed by atoms with Gasteiger partial charge in [0.2, 0.25) is 5.91 Å². The van der Waals surface area contributed by atoms with Gasteiger partial charge in [0.05, 0.1) is 13.0 Å². The Bertz CT molecular complexity index is 445. The van der Waals surface area contributed by atoms with Crippen molar-refractivity contribution in [3.63, 3.8) is 0 Å². The molecule has 1 saturated heterocycles. The van der Waals surface area contributed by atoms with Crippen molar-refractivity contribution in [2.45, 2.75) is 12.6 Å². The van der Waals surface area contributed by atoms with Crippen molar-refractivity contribution in [3.8, 4) is 0 Å². The SMILES string of the molecule is Cl.O=C(Cc1ccccc1)N1CCN(CC(F)(F)F)CC1. The van der Waals surface area contributed by atoms with E-state index in [1.54, 1.807) is 4.90 Å². The van der Waals surface area contributed by atoms with Crippen LogP contribution in [0.5, 0.6) is 0 Å². The monoisotopic (exact) mass is 322 g/mol. The van der Waals surface area contributed by atoms with E-state index < -0.39 is 12.7 Å². The molecule has 0 atom stereocenters. The second-order valence-electron chi connectivity index (χ2n) is 4.93. The molecule has 21 heavy (non-hydrogen) atoms. The quantitative estimate of drug-likeness (QED) is 0.853. The molecule has 0 saturated carbocycles. The minimum Gasteiger partial charge on any atom is -0.340 e. The molecule has 0 spiro atoms. The predicted octanol–water partition coefficient (Wildman–Crippen LogP) is 2.36. The standard InChI is InChI=1S/C14H17F3N2O.ClH/c15-14(16,17)11-18-6-8-19(9-7-18)13(20)10-12-4-2-1-3-5-12;/h1-5H,6-11H2;1H. The number of hydrogen-bond acceptors (Lipinski definition) is 2. The van der Waals surface area contributed by atoms with Gasteiger partial charge in [-0.3, -0.25) is 9.69 Å². The van der Waals surface area contributed by atoms with Crippen LogP contribution in [0.1, 0.15) is 5.56 Å². The van der Waals surface area contributed by atoms with Crippen LogP contribution in [-0.2, 0) is 11.2 Å². The Balaban J connectivity index is 0.00000220. The third-order valence-corrected chi connectivity index (χ3v) is 3.33. The fourth-order valence-corrected chi connectivity index (χ4v) is 2.29. The van der Waals surface area contributed by atoms with Crippen molar-refractivity contribution in [1.29, 1.82) is 0 Å². The van der Waals surface area contributed by atoms with E-state index in [-0.39, 0.29) is 31.4 Å². The predicted molar refractivity (Wildman–Crippen MR) is 76.5 cm³/mol. The molecular formula is C14H18ClF3N2O. The smallest absolute Gasteiger partial charge is 0.340 e. The third-order valence-electron chi connectivity index (χ3n) is 3.33. The first-order valence-electron chi connectivity index (χ1n) is 6.55. The van der Waals surface area contributed by atoms with Gasteiger partial charge in [0.15, 0.2) is 0 Å². The van der Waals surface area contributed by atoms with Crippen molar-refractivity contribution < 1.29 is 18.0 Å². The number of hydrogen-bond donors (Lipinski definition) is 0. The number of carbonyl (C=O) groups is 1. The van der Waals surface area contributed by atoms with Crippen molar-refractivity contribution in [1.82, 2.24) is 9.80 Å². The summed E-state index contributed by atoms with van der Waals surface area (Å²) in [6.45, 7) is 0.386. The van der Waals surface area contributed by atoms with Gasteiger partial charge in [0, 0.05) is 26.2 Å². The van der Waals surface area contributed by atoms with Crippen molar-refractivity contribution >= 4 is 18.3 Å². The lowest BCUT2D eigenvalue weighted by Gasteiger charge is -2.35. The molecule has 0 unspecified atom stereocenters. The summed E-state index contributed by atoms with van der Waals surface area (Å²) in [6, 6.07) is 9.35. The Morgan fingerprint density at radius 2 is 1.62 bits per heavy atom. The topological polar surface area (TPSA) is 23.6 Å². The van der Waals surface area contributed by atoms with Crippen molar-refractivity contribution in [2.75, 3.05) is 32.7 Å². The highest BCUT2D eigenvalue weighted by Crippen LogP contribution is 2.17. The van der Waals surface area contributed by atoms with E-state index in [1.807, 2.05) is 30.3 Å². The lowest BCUT2D eigenvalue weighted by Crippen LogP contribution is -2.51. The molecule has 1 fully saturated rings. The second-order valence-corrected chi connectivity index (χ2v) is 4.93. The van der Waals surface area contributed by atoms with Crippen LogP contribution < -0.4 is 0 Å². The number of alkyl halides is 3. The lowest BCUT2D eigenvalue weighted by molar-refractivity contribution is -0.151. The van der Waals surface area contributed by atoms with Gasteiger partial charge >= 0.3 is 6.18 Å². The van der Waals surface area contributed by atoms with Crippen LogP contribution in [-0.4, -0.2) is 54.6 Å². The van der Waals surface area contributed by atoms with Crippen molar-refractivity contribution in [3.05, 3.63) is 35.9 Å². The van der Waals surface area contributed by atoms with Crippen LogP contribution in [0.2, 0.25) is 0 Å². The molecule has 0 aromatic heterocycles. The minimum absolute atomic E-state index is 0. The number of nitrogens with zero attached hydrogens (tertiary/aromatic N) is 2. The van der Waals surface area contributed by atoms with E-state index in [1.165, 1.54) is 4.90 Å². The molecule has 0 bridgehead atoms. The zero-order valence-corrected chi connectivity index (χ0v) is 12.3. The Morgan fingerprint density at radius 1 is 1.05 bits per heavy atom. The molecule has 0 N–H and O–H groups in total. The van der Waals surface area contributed by atoms with E-state index >= 15 is 0 Å². The first kappa shape index (κ1) is 17.8. The van der Waals surface area contributed by atoms with Crippen LogP contribution in [0.4, 0.5) is 13.2 Å². The third kappa shape index (κ3) is 5.93. The molecule has 1 heterocycles. The number of benzene rings is 1. The van der Waals surface area contributed by atoms with E-state index in [4.69, 9.17) is 0 Å². The van der Waals surface area contributed by atoms with Crippen LogP contribution in [0.15, 0.2) is 30.3 Å². The van der Waals surface area contributed by atoms with Gasteiger partial charge in [-0.25, -0.2) is 0 Å². The highest BCUT2D eigenvalue weighted by atomic mass is 35.5. The van der Waals surface area contributed by atoms with E-state index in [2.05, 4.69) is 0 Å². The Kier molecular flexibility index (Phi) is 6.48. The van der Waals surface area contributed by atoms with Crippen LogP contribution in [0, 0.1) is 0 Å². The van der Waals surface area contributed by atoms with E-state index in [9.17, 15) is 18.0 Å². The average molecular weight is 323 g/mol. The van der Waals surface area contributed by atoms with Gasteiger partial charge in [0.25, 0.3) is 0 Å². The molecule has 118 valence electrons. The summed E-state index contributed by atoms with van der Waals surface area (Å²) in [5, 5.41) is 0. The fraction of sp³-hybridized carbons (Fsp3) is 0.500. The first-order chi connectivity index (χ1) is 9.44. The number of piperazine rings is 1. The summed E-state index contributed by atoms with van der Waals surface area (Å²) in [7, 11) is 0. The summed E-state index contributed by atoms with van der Waals surface area (Å²) in [5.74, 6) is -0.0251. The number of amides is 1. The maximum Gasteiger partial charge on any atom is 0.401 e. The molecule has 2 rings (SSSR count). The molecule has 1 aromatic carbocycles. The Labute approximate surface area is 128 Å². The molecule has 1 aliphatic rings. The van der Waals surface area contributed by atoms with E-state index in [0.29, 0.717) is 19.5 Å². The fourth-order valence-electron chi connectivity index (χ4n) is 2.29. The van der Waals surface area contributed by atoms with Crippen LogP contribution in [0.3, 0.4) is 0 Å². The number of halogens is 4. The zero-order chi connectivity index (χ0) is 14.6. The zero-order valence-electron chi connectivity index (χ0n) is 11.5. The second kappa shape index (κ2) is 7.66. The maximum atomic E-state index is 12.3. The maximum absolute atomic E-state index is 12.3. The summed E-state index contributed by atoms with van der Waals surface area (Å²) in [5.41, 5.74) is 0.926. The van der Waals surface area contributed by atoms with Gasteiger partial charge in [-0.1, -0.05) is 30.3 Å². The largest absolute Gasteiger partial charge is 0.401 e. The minimum atomic E-state index is -4.17. The summed E-state index contributed by atoms with van der Waals surface area (Å²) >= 11 is 0. The molecular weight excluding hydrogens is 305 g/mol. The molecule has 1 aromatic rings. The van der Waals surface area contributed by atoms with Gasteiger partial charge in [0.1, 0.15) is 0 Å². The molecule has 1 aliphatic heterocycles. The molecule has 0 aliphatic carbocycles. The molecule has 0 radical (unpaired) electrons. The number of rotatable bonds is 3. The van der Waals surface area contributed by atoms with E-state index in [0.717, 1.165) is 5.56 Å². The first-order valence-corrected chi connectivity index (χ1v) is 6.55. The van der Waals surface area contributed by atoms with Crippen molar-refractivity contribution in [2.24, 2.45) is 0 Å². The average Bonchev–Trinajstić information content (AvgIpc) is 2.39. The van der Waals surface area contributed by atoms with Crippen LogP contribution >= 0.6 is 12.4 Å². The van der Waals surface area contributed by atoms with Crippen LogP contribution in [0.25, 0.3) is 0 Å². The van der Waals surface area contributed by atoms with Gasteiger partial charge in [-0.2, -0.15) is 13.2 Å². The van der Waals surface area contributed by atoms with Gasteiger partial charge in [-0.05, 0) is 5.56 Å². The summed E-state index contributed by atoms with van der Waals surface area (Å²) in [4.78, 5) is 15.0. The van der Waals surface area contributed by atoms with Gasteiger partial charge in [-0.15, -0.1) is 12.4 Å². The summed E-state index contributed by atoms with van der Waals surface area (Å²) in [6.07, 6.45) is -3.86. The highest BCUT2D eigenvalue weighted by molar-refractivity contribution is 5.85. The number of carbonyl (C=O) groups excluding carboxylic acids is 1. The normalized spacial score (nSPS) is 16.4. The molecule has 3 nitrogen and oxygen atoms in total.